The zero-order valence-corrected chi connectivity index (χ0v) is 15.0. The van der Waals surface area contributed by atoms with Crippen LogP contribution in [0.15, 0.2) is 29.2 Å². The Labute approximate surface area is 147 Å². The minimum atomic E-state index is -3.67. The molecule has 1 saturated carbocycles. The summed E-state index contributed by atoms with van der Waals surface area (Å²) in [7, 11) is -3.67. The summed E-state index contributed by atoms with van der Waals surface area (Å²) in [6, 6.07) is 6.49. The van der Waals surface area contributed by atoms with Crippen molar-refractivity contribution in [3.8, 4) is 0 Å². The lowest BCUT2D eigenvalue weighted by Gasteiger charge is -2.34. The van der Waals surface area contributed by atoms with Crippen LogP contribution in [0, 0.1) is 28.9 Å². The first-order chi connectivity index (χ1) is 11.3. The van der Waals surface area contributed by atoms with Gasteiger partial charge >= 0.3 is 0 Å². The van der Waals surface area contributed by atoms with Crippen molar-refractivity contribution in [2.45, 2.75) is 42.5 Å². The molecule has 1 heterocycles. The predicted molar refractivity (Wildman–Crippen MR) is 91.2 cm³/mol. The topological polar surface area (TPSA) is 80.5 Å². The summed E-state index contributed by atoms with van der Waals surface area (Å²) in [6.45, 7) is 1.84. The molecule has 1 saturated heterocycles. The van der Waals surface area contributed by atoms with Crippen molar-refractivity contribution < 1.29 is 13.3 Å². The van der Waals surface area contributed by atoms with Gasteiger partial charge in [-0.3, -0.25) is 10.1 Å². The zero-order valence-electron chi connectivity index (χ0n) is 13.5. The molecule has 0 unspecified atom stereocenters. The van der Waals surface area contributed by atoms with Crippen LogP contribution in [0.25, 0.3) is 0 Å². The van der Waals surface area contributed by atoms with Crippen molar-refractivity contribution in [1.29, 1.82) is 0 Å². The fourth-order valence-corrected chi connectivity index (χ4v) is 6.34. The van der Waals surface area contributed by atoms with E-state index in [9.17, 15) is 18.5 Å². The highest BCUT2D eigenvalue weighted by molar-refractivity contribution is 7.89. The average molecular weight is 373 g/mol. The third-order valence-corrected chi connectivity index (χ3v) is 7.60. The van der Waals surface area contributed by atoms with Crippen molar-refractivity contribution in [2.75, 3.05) is 13.1 Å². The van der Waals surface area contributed by atoms with Crippen molar-refractivity contribution in [3.63, 3.8) is 0 Å². The normalized spacial score (nSPS) is 30.9. The lowest BCUT2D eigenvalue weighted by molar-refractivity contribution is -0.489. The lowest BCUT2D eigenvalue weighted by Crippen LogP contribution is -2.42. The van der Waals surface area contributed by atoms with E-state index in [2.05, 4.69) is 0 Å². The van der Waals surface area contributed by atoms with Crippen LogP contribution in [-0.4, -0.2) is 42.2 Å². The SMILES string of the molecule is Cc1ccc(S(=O)(=O)N2C[C@H](C[N+](=O)[O-])[C@@H]3[C@H]2CCC[C@@H]3Cl)cc1. The Kier molecular flexibility index (Phi) is 4.86. The van der Waals surface area contributed by atoms with Gasteiger partial charge in [0.1, 0.15) is 0 Å². The number of hydrogen-bond acceptors (Lipinski definition) is 4. The van der Waals surface area contributed by atoms with Crippen molar-refractivity contribution >= 4 is 21.6 Å². The van der Waals surface area contributed by atoms with Gasteiger partial charge in [-0.25, -0.2) is 8.42 Å². The van der Waals surface area contributed by atoms with Crippen molar-refractivity contribution in [2.24, 2.45) is 11.8 Å². The number of nitrogens with zero attached hydrogens (tertiary/aromatic N) is 2. The van der Waals surface area contributed by atoms with Gasteiger partial charge in [0.2, 0.25) is 16.6 Å². The van der Waals surface area contributed by atoms with Gasteiger partial charge in [-0.05, 0) is 31.9 Å². The Morgan fingerprint density at radius 1 is 1.29 bits per heavy atom. The predicted octanol–water partition coefficient (Wildman–Crippen LogP) is 2.67. The van der Waals surface area contributed by atoms with Crippen LogP contribution in [0.3, 0.4) is 0 Å². The molecule has 132 valence electrons. The summed E-state index contributed by atoms with van der Waals surface area (Å²) in [5.74, 6) is -0.473. The number of rotatable bonds is 4. The fourth-order valence-electron chi connectivity index (χ4n) is 4.07. The maximum Gasteiger partial charge on any atom is 0.243 e. The molecule has 1 aliphatic carbocycles. The molecule has 1 aliphatic heterocycles. The molecule has 0 N–H and O–H groups in total. The highest BCUT2D eigenvalue weighted by Gasteiger charge is 2.52. The molecule has 2 aliphatic rings. The molecular weight excluding hydrogens is 352 g/mol. The van der Waals surface area contributed by atoms with Gasteiger partial charge in [0.15, 0.2) is 0 Å². The highest BCUT2D eigenvalue weighted by Crippen LogP contribution is 2.44. The van der Waals surface area contributed by atoms with Crippen LogP contribution < -0.4 is 0 Å². The first kappa shape index (κ1) is 17.6. The highest BCUT2D eigenvalue weighted by atomic mass is 35.5. The number of aryl methyl sites for hydroxylation is 1. The molecule has 0 spiro atoms. The van der Waals surface area contributed by atoms with E-state index >= 15 is 0 Å². The number of alkyl halides is 1. The molecule has 1 aromatic carbocycles. The van der Waals surface area contributed by atoms with E-state index in [0.29, 0.717) is 6.42 Å². The third-order valence-electron chi connectivity index (χ3n) is 5.18. The second-order valence-electron chi connectivity index (χ2n) is 6.75. The summed E-state index contributed by atoms with van der Waals surface area (Å²) in [6.07, 6.45) is 2.35. The average Bonchev–Trinajstić information content (AvgIpc) is 2.88. The Hall–Kier alpha value is -1.18. The van der Waals surface area contributed by atoms with E-state index in [1.807, 2.05) is 6.92 Å². The first-order valence-corrected chi connectivity index (χ1v) is 10.0. The van der Waals surface area contributed by atoms with Crippen molar-refractivity contribution in [3.05, 3.63) is 39.9 Å². The van der Waals surface area contributed by atoms with Crippen LogP contribution in [0.1, 0.15) is 24.8 Å². The molecule has 8 heteroatoms. The maximum atomic E-state index is 13.1. The number of benzene rings is 1. The molecule has 0 amide bonds. The number of nitro groups is 1. The molecule has 0 radical (unpaired) electrons. The van der Waals surface area contributed by atoms with E-state index in [-0.39, 0.29) is 46.2 Å². The second-order valence-corrected chi connectivity index (χ2v) is 9.21. The van der Waals surface area contributed by atoms with Crippen LogP contribution in [-0.2, 0) is 10.0 Å². The van der Waals surface area contributed by atoms with E-state index in [1.54, 1.807) is 24.3 Å². The minimum Gasteiger partial charge on any atom is -0.265 e. The van der Waals surface area contributed by atoms with E-state index in [0.717, 1.165) is 18.4 Å². The van der Waals surface area contributed by atoms with Crippen LogP contribution >= 0.6 is 11.6 Å². The Morgan fingerprint density at radius 2 is 1.96 bits per heavy atom. The number of halogens is 1. The molecule has 24 heavy (non-hydrogen) atoms. The van der Waals surface area contributed by atoms with Gasteiger partial charge in [0, 0.05) is 34.7 Å². The van der Waals surface area contributed by atoms with Gasteiger partial charge in [-0.2, -0.15) is 4.31 Å². The summed E-state index contributed by atoms with van der Waals surface area (Å²) in [5, 5.41) is 10.8. The summed E-state index contributed by atoms with van der Waals surface area (Å²) in [5.41, 5.74) is 0.984. The summed E-state index contributed by atoms with van der Waals surface area (Å²) in [4.78, 5) is 10.9. The number of hydrogen-bond donors (Lipinski definition) is 0. The van der Waals surface area contributed by atoms with Gasteiger partial charge in [-0.1, -0.05) is 24.1 Å². The van der Waals surface area contributed by atoms with Gasteiger partial charge in [0.25, 0.3) is 0 Å². The lowest BCUT2D eigenvalue weighted by atomic mass is 9.79. The van der Waals surface area contributed by atoms with Crippen LogP contribution in [0.4, 0.5) is 0 Å². The smallest absolute Gasteiger partial charge is 0.243 e. The molecular formula is C16H21ClN2O4S. The first-order valence-electron chi connectivity index (χ1n) is 8.15. The van der Waals surface area contributed by atoms with Crippen LogP contribution in [0.2, 0.25) is 0 Å². The quantitative estimate of drug-likeness (QED) is 0.462. The Morgan fingerprint density at radius 3 is 2.58 bits per heavy atom. The van der Waals surface area contributed by atoms with E-state index < -0.39 is 10.0 Å². The van der Waals surface area contributed by atoms with Gasteiger partial charge in [-0.15, -0.1) is 11.6 Å². The maximum absolute atomic E-state index is 13.1. The van der Waals surface area contributed by atoms with E-state index in [1.165, 1.54) is 4.31 Å². The monoisotopic (exact) mass is 372 g/mol. The Bertz CT molecular complexity index is 722. The molecule has 1 aromatic rings. The van der Waals surface area contributed by atoms with Crippen molar-refractivity contribution in [1.82, 2.24) is 4.31 Å². The molecule has 2 fully saturated rings. The largest absolute Gasteiger partial charge is 0.265 e. The fraction of sp³-hybridized carbons (Fsp3) is 0.625. The van der Waals surface area contributed by atoms with Crippen LogP contribution in [0.5, 0.6) is 0 Å². The third kappa shape index (κ3) is 3.17. The zero-order chi connectivity index (χ0) is 17.5. The number of sulfonamides is 1. The summed E-state index contributed by atoms with van der Waals surface area (Å²) < 4.78 is 27.6. The van der Waals surface area contributed by atoms with Gasteiger partial charge in [0.05, 0.1) is 4.90 Å². The standard InChI is InChI=1S/C16H21ClN2O4S/c1-11-5-7-13(8-6-11)24(22,23)18-9-12(10-19(20)21)16-14(17)3-2-4-15(16)18/h5-8,12,14-16H,2-4,9-10H2,1H3/t12-,14+,15-,16+/m1/s1. The molecule has 4 atom stereocenters. The molecule has 0 bridgehead atoms. The van der Waals surface area contributed by atoms with Gasteiger partial charge < -0.3 is 0 Å². The number of fused-ring (bicyclic) bond motifs is 1. The van der Waals surface area contributed by atoms with E-state index in [4.69, 9.17) is 11.6 Å². The molecule has 3 rings (SSSR count). The minimum absolute atomic E-state index is 0.147. The Balaban J connectivity index is 1.94. The molecule has 6 nitrogen and oxygen atoms in total. The second kappa shape index (κ2) is 6.61. The summed E-state index contributed by atoms with van der Waals surface area (Å²) >= 11 is 6.43. The molecule has 0 aromatic heterocycles.